The Morgan fingerprint density at radius 1 is 0.617 bits per heavy atom. The van der Waals surface area contributed by atoms with E-state index in [4.69, 9.17) is 4.74 Å². The van der Waals surface area contributed by atoms with Gasteiger partial charge < -0.3 is 9.47 Å². The van der Waals surface area contributed by atoms with E-state index < -0.39 is 58.5 Å². The summed E-state index contributed by atoms with van der Waals surface area (Å²) in [7, 11) is 0. The minimum atomic E-state index is -5.33. The average Bonchev–Trinajstić information content (AvgIpc) is 3.03. The first-order valence-corrected chi connectivity index (χ1v) is 17.4. The third kappa shape index (κ3) is 9.34. The van der Waals surface area contributed by atoms with Crippen LogP contribution >= 0.6 is 0 Å². The molecule has 3 saturated carbocycles. The molecule has 262 valence electrons. The number of benzene rings is 2. The SMILES string of the molecule is CCCCCC1CCC(C2CCC(C3CCC(C(F)(F)Oc4ccc(-c5cc(F)c(OC(F)(F)F)c(F)c5)c(F)c4)CC3)CC2)CC1. The van der Waals surface area contributed by atoms with E-state index in [2.05, 4.69) is 11.7 Å². The zero-order valence-electron chi connectivity index (χ0n) is 27.0. The third-order valence-electron chi connectivity index (χ3n) is 11.2. The summed E-state index contributed by atoms with van der Waals surface area (Å²) in [6.07, 6.45) is 8.89. The molecular weight excluding hydrogens is 628 g/mol. The fourth-order valence-corrected chi connectivity index (χ4v) is 8.61. The number of alkyl halides is 5. The Morgan fingerprint density at radius 3 is 1.62 bits per heavy atom. The molecule has 5 rings (SSSR count). The maximum absolute atomic E-state index is 15.2. The van der Waals surface area contributed by atoms with E-state index in [1.165, 1.54) is 77.0 Å². The maximum atomic E-state index is 15.2. The highest BCUT2D eigenvalue weighted by molar-refractivity contribution is 5.66. The Hall–Kier alpha value is -2.52. The monoisotopic (exact) mass is 674 g/mol. The van der Waals surface area contributed by atoms with Crippen molar-refractivity contribution in [3.05, 3.63) is 47.8 Å². The Kier molecular flexibility index (Phi) is 11.7. The van der Waals surface area contributed by atoms with Crippen molar-refractivity contribution in [3.63, 3.8) is 0 Å². The highest BCUT2D eigenvalue weighted by atomic mass is 19.4. The molecule has 2 nitrogen and oxygen atoms in total. The van der Waals surface area contributed by atoms with Gasteiger partial charge in [-0.15, -0.1) is 13.2 Å². The zero-order chi connectivity index (χ0) is 33.8. The Balaban J connectivity index is 1.09. The van der Waals surface area contributed by atoms with Crippen molar-refractivity contribution in [3.8, 4) is 22.6 Å². The highest BCUT2D eigenvalue weighted by Crippen LogP contribution is 2.48. The van der Waals surface area contributed by atoms with Crippen LogP contribution in [0.2, 0.25) is 0 Å². The van der Waals surface area contributed by atoms with E-state index in [9.17, 15) is 26.3 Å². The Labute approximate surface area is 272 Å². The first-order valence-electron chi connectivity index (χ1n) is 17.4. The van der Waals surface area contributed by atoms with Crippen molar-refractivity contribution in [1.29, 1.82) is 0 Å². The lowest BCUT2D eigenvalue weighted by Gasteiger charge is -2.42. The first kappa shape index (κ1) is 35.8. The molecule has 0 aliphatic heterocycles. The molecule has 0 heterocycles. The molecule has 0 amide bonds. The molecule has 0 unspecified atom stereocenters. The fraction of sp³-hybridized carbons (Fsp3) is 0.676. The van der Waals surface area contributed by atoms with Gasteiger partial charge in [0.05, 0.1) is 5.92 Å². The highest BCUT2D eigenvalue weighted by Gasteiger charge is 2.45. The quantitative estimate of drug-likeness (QED) is 0.174. The van der Waals surface area contributed by atoms with Crippen LogP contribution in [0.1, 0.15) is 110 Å². The summed E-state index contributed by atoms with van der Waals surface area (Å²) in [5.74, 6) is -4.06. The number of ether oxygens (including phenoxy) is 2. The van der Waals surface area contributed by atoms with Crippen LogP contribution in [0.25, 0.3) is 11.1 Å². The smallest absolute Gasteiger partial charge is 0.432 e. The lowest BCUT2D eigenvalue weighted by Crippen LogP contribution is -2.38. The predicted molar refractivity (Wildman–Crippen MR) is 164 cm³/mol. The molecule has 10 heteroatoms. The van der Waals surface area contributed by atoms with Gasteiger partial charge in [0, 0.05) is 11.6 Å². The molecule has 0 saturated heterocycles. The number of hydrogen-bond donors (Lipinski definition) is 0. The van der Waals surface area contributed by atoms with Crippen molar-refractivity contribution in [2.45, 2.75) is 122 Å². The second-order valence-electron chi connectivity index (χ2n) is 14.2. The number of hydrogen-bond acceptors (Lipinski definition) is 2. The fourth-order valence-electron chi connectivity index (χ4n) is 8.61. The van der Waals surface area contributed by atoms with Crippen molar-refractivity contribution in [2.24, 2.45) is 35.5 Å². The predicted octanol–water partition coefficient (Wildman–Crippen LogP) is 12.6. The molecule has 3 aliphatic rings. The van der Waals surface area contributed by atoms with Crippen LogP contribution in [0, 0.1) is 53.0 Å². The second kappa shape index (κ2) is 15.4. The third-order valence-corrected chi connectivity index (χ3v) is 11.2. The molecule has 0 radical (unpaired) electrons. The largest absolute Gasteiger partial charge is 0.573 e. The van der Waals surface area contributed by atoms with Crippen molar-refractivity contribution in [2.75, 3.05) is 0 Å². The summed E-state index contributed by atoms with van der Waals surface area (Å²) in [5.41, 5.74) is -0.828. The molecule has 0 aromatic heterocycles. The average molecular weight is 675 g/mol. The molecule has 0 bridgehead atoms. The molecule has 2 aromatic carbocycles. The lowest BCUT2D eigenvalue weighted by molar-refractivity contribution is -0.276. The number of unbranched alkanes of at least 4 members (excludes halogenated alkanes) is 2. The van der Waals surface area contributed by atoms with Crippen LogP contribution < -0.4 is 9.47 Å². The minimum Gasteiger partial charge on any atom is -0.432 e. The van der Waals surface area contributed by atoms with Gasteiger partial charge in [0.25, 0.3) is 0 Å². The van der Waals surface area contributed by atoms with Crippen LogP contribution in [0.5, 0.6) is 11.5 Å². The molecule has 3 aliphatic carbocycles. The van der Waals surface area contributed by atoms with Crippen LogP contribution in [0.3, 0.4) is 0 Å². The van der Waals surface area contributed by atoms with Gasteiger partial charge in [-0.1, -0.05) is 45.4 Å². The molecule has 2 aromatic rings. The molecule has 0 atom stereocenters. The Bertz CT molecular complexity index is 1280. The summed E-state index contributed by atoms with van der Waals surface area (Å²) < 4.78 is 119. The number of rotatable bonds is 11. The van der Waals surface area contributed by atoms with Gasteiger partial charge >= 0.3 is 12.5 Å². The van der Waals surface area contributed by atoms with Gasteiger partial charge in [-0.2, -0.15) is 8.78 Å². The summed E-state index contributed by atoms with van der Waals surface area (Å²) >= 11 is 0. The topological polar surface area (TPSA) is 18.5 Å². The summed E-state index contributed by atoms with van der Waals surface area (Å²) in [5, 5.41) is 0. The van der Waals surface area contributed by atoms with Crippen molar-refractivity contribution >= 4 is 0 Å². The summed E-state index contributed by atoms with van der Waals surface area (Å²) in [6.45, 7) is 2.25. The Morgan fingerprint density at radius 2 is 1.13 bits per heavy atom. The molecule has 0 N–H and O–H groups in total. The molecule has 47 heavy (non-hydrogen) atoms. The standard InChI is InChI=1S/C37H46F8O2/c1-2-3-4-5-23-6-8-24(9-7-23)25-10-12-26(13-11-25)27-14-16-29(17-15-27)36(41,42)46-30-18-19-31(32(38)22-30)28-20-33(39)35(34(40)21-28)47-37(43,44)45/h18-27,29H,2-17H2,1H3. The minimum absolute atomic E-state index is 0.311. The van der Waals surface area contributed by atoms with E-state index >= 15 is 8.78 Å². The van der Waals surface area contributed by atoms with Gasteiger partial charge in [0.2, 0.25) is 5.75 Å². The van der Waals surface area contributed by atoms with Crippen LogP contribution in [0.15, 0.2) is 30.3 Å². The van der Waals surface area contributed by atoms with Crippen LogP contribution in [-0.4, -0.2) is 12.5 Å². The summed E-state index contributed by atoms with van der Waals surface area (Å²) in [4.78, 5) is 0. The van der Waals surface area contributed by atoms with Gasteiger partial charge in [-0.25, -0.2) is 13.2 Å². The van der Waals surface area contributed by atoms with Gasteiger partial charge in [0.1, 0.15) is 11.6 Å². The number of halogens is 8. The van der Waals surface area contributed by atoms with Crippen molar-refractivity contribution in [1.82, 2.24) is 0 Å². The van der Waals surface area contributed by atoms with E-state index in [-0.39, 0.29) is 0 Å². The van der Waals surface area contributed by atoms with E-state index in [0.717, 1.165) is 29.9 Å². The first-order chi connectivity index (χ1) is 22.3. The van der Waals surface area contributed by atoms with Crippen molar-refractivity contribution < 1.29 is 44.6 Å². The normalized spacial score (nSPS) is 27.4. The summed E-state index contributed by atoms with van der Waals surface area (Å²) in [6, 6.07) is 3.67. The molecule has 0 spiro atoms. The van der Waals surface area contributed by atoms with E-state index in [0.29, 0.717) is 55.7 Å². The van der Waals surface area contributed by atoms with Crippen LogP contribution in [-0.2, 0) is 0 Å². The molecule has 3 fully saturated rings. The van der Waals surface area contributed by atoms with E-state index in [1.54, 1.807) is 0 Å². The molecular formula is C37H46F8O2. The zero-order valence-corrected chi connectivity index (χ0v) is 27.0. The van der Waals surface area contributed by atoms with Gasteiger partial charge in [0.15, 0.2) is 11.6 Å². The van der Waals surface area contributed by atoms with Crippen LogP contribution in [0.4, 0.5) is 35.1 Å². The lowest BCUT2D eigenvalue weighted by atomic mass is 9.65. The van der Waals surface area contributed by atoms with E-state index in [1.807, 2.05) is 0 Å². The van der Waals surface area contributed by atoms with Gasteiger partial charge in [-0.05, 0) is 124 Å². The maximum Gasteiger partial charge on any atom is 0.573 e. The van der Waals surface area contributed by atoms with Gasteiger partial charge in [-0.3, -0.25) is 0 Å². The second-order valence-corrected chi connectivity index (χ2v) is 14.2.